The Morgan fingerprint density at radius 3 is 2.57 bits per heavy atom. The van der Waals surface area contributed by atoms with Gasteiger partial charge in [-0.05, 0) is 31.2 Å². The van der Waals surface area contributed by atoms with Crippen LogP contribution in [0.2, 0.25) is 0 Å². The summed E-state index contributed by atoms with van der Waals surface area (Å²) in [5.41, 5.74) is 1.26. The Bertz CT molecular complexity index is 410. The van der Waals surface area contributed by atoms with Gasteiger partial charge in [-0.25, -0.2) is 0 Å². The zero-order chi connectivity index (χ0) is 15.1. The Morgan fingerprint density at radius 2 is 1.90 bits per heavy atom. The largest absolute Gasteiger partial charge is 0.491 e. The van der Waals surface area contributed by atoms with Gasteiger partial charge in [0.2, 0.25) is 0 Å². The summed E-state index contributed by atoms with van der Waals surface area (Å²) in [6, 6.07) is 8.49. The average molecular weight is 294 g/mol. The fourth-order valence-electron chi connectivity index (χ4n) is 2.73. The first-order chi connectivity index (χ1) is 10.2. The lowest BCUT2D eigenvalue weighted by Gasteiger charge is -2.39. The molecule has 1 aliphatic rings. The van der Waals surface area contributed by atoms with E-state index in [0.717, 1.165) is 38.3 Å². The summed E-state index contributed by atoms with van der Waals surface area (Å²) in [6.45, 7) is 4.65. The summed E-state index contributed by atoms with van der Waals surface area (Å²) in [5.74, 6) is 0.796. The van der Waals surface area contributed by atoms with Crippen LogP contribution in [-0.4, -0.2) is 72.6 Å². The van der Waals surface area contributed by atoms with E-state index in [0.29, 0.717) is 12.6 Å². The molecule has 1 atom stereocenters. The summed E-state index contributed by atoms with van der Waals surface area (Å²) in [7, 11) is 2.13. The van der Waals surface area contributed by atoms with E-state index >= 15 is 0 Å². The standard InChI is InChI=1S/C16H26N2O3/c1-17-7-8-18(13-15(17)6-9-19)12-14-2-4-16(5-3-14)21-11-10-20/h2-5,15,19-20H,6-13H2,1H3/t15-/m1/s1. The van der Waals surface area contributed by atoms with Crippen molar-refractivity contribution in [1.29, 1.82) is 0 Å². The van der Waals surface area contributed by atoms with Crippen LogP contribution in [0, 0.1) is 0 Å². The number of rotatable bonds is 7. The third-order valence-corrected chi connectivity index (χ3v) is 4.01. The summed E-state index contributed by atoms with van der Waals surface area (Å²) in [6.07, 6.45) is 0.834. The predicted octanol–water partition coefficient (Wildman–Crippen LogP) is 0.556. The minimum absolute atomic E-state index is 0.0370. The molecule has 0 amide bonds. The molecule has 1 saturated heterocycles. The molecule has 2 N–H and O–H groups in total. The molecule has 0 aromatic heterocycles. The minimum atomic E-state index is 0.0370. The van der Waals surface area contributed by atoms with Gasteiger partial charge in [0.25, 0.3) is 0 Å². The van der Waals surface area contributed by atoms with Gasteiger partial charge < -0.3 is 19.8 Å². The molecule has 0 aliphatic carbocycles. The van der Waals surface area contributed by atoms with Crippen molar-refractivity contribution in [3.63, 3.8) is 0 Å². The van der Waals surface area contributed by atoms with Crippen molar-refractivity contribution >= 4 is 0 Å². The van der Waals surface area contributed by atoms with E-state index in [1.807, 2.05) is 12.1 Å². The molecule has 0 saturated carbocycles. The zero-order valence-corrected chi connectivity index (χ0v) is 12.7. The van der Waals surface area contributed by atoms with Gasteiger partial charge in [0.05, 0.1) is 6.61 Å². The maximum atomic E-state index is 9.14. The number of aliphatic hydroxyl groups excluding tert-OH is 2. The van der Waals surface area contributed by atoms with Crippen molar-refractivity contribution in [3.05, 3.63) is 29.8 Å². The van der Waals surface area contributed by atoms with E-state index < -0.39 is 0 Å². The summed E-state index contributed by atoms with van der Waals surface area (Å²) < 4.78 is 5.37. The molecule has 1 heterocycles. The van der Waals surface area contributed by atoms with Crippen LogP contribution in [-0.2, 0) is 6.54 Å². The van der Waals surface area contributed by atoms with E-state index in [2.05, 4.69) is 29.0 Å². The van der Waals surface area contributed by atoms with E-state index in [1.165, 1.54) is 5.56 Å². The molecule has 21 heavy (non-hydrogen) atoms. The van der Waals surface area contributed by atoms with Gasteiger partial charge in [0, 0.05) is 38.8 Å². The van der Waals surface area contributed by atoms with Gasteiger partial charge in [0.15, 0.2) is 0 Å². The number of aliphatic hydroxyl groups is 2. The normalized spacial score (nSPS) is 20.6. The topological polar surface area (TPSA) is 56.2 Å². The number of likely N-dealkylation sites (N-methyl/N-ethyl adjacent to an activating group) is 1. The van der Waals surface area contributed by atoms with Gasteiger partial charge in [0.1, 0.15) is 12.4 Å². The highest BCUT2D eigenvalue weighted by Crippen LogP contribution is 2.16. The fraction of sp³-hybridized carbons (Fsp3) is 0.625. The minimum Gasteiger partial charge on any atom is -0.491 e. The number of hydrogen-bond donors (Lipinski definition) is 2. The summed E-state index contributed by atoms with van der Waals surface area (Å²) in [4.78, 5) is 4.77. The van der Waals surface area contributed by atoms with Crippen molar-refractivity contribution in [2.24, 2.45) is 0 Å². The van der Waals surface area contributed by atoms with Gasteiger partial charge in [-0.1, -0.05) is 12.1 Å². The Kier molecular flexibility index (Phi) is 6.45. The molecule has 5 heteroatoms. The van der Waals surface area contributed by atoms with Crippen LogP contribution < -0.4 is 4.74 Å². The van der Waals surface area contributed by atoms with E-state index in [9.17, 15) is 0 Å². The molecule has 0 radical (unpaired) electrons. The van der Waals surface area contributed by atoms with E-state index in [-0.39, 0.29) is 13.2 Å². The fourth-order valence-corrected chi connectivity index (χ4v) is 2.73. The highest BCUT2D eigenvalue weighted by atomic mass is 16.5. The van der Waals surface area contributed by atoms with Crippen LogP contribution in [0.15, 0.2) is 24.3 Å². The van der Waals surface area contributed by atoms with Gasteiger partial charge in [-0.3, -0.25) is 4.90 Å². The zero-order valence-electron chi connectivity index (χ0n) is 12.7. The third kappa shape index (κ3) is 4.97. The number of piperazine rings is 1. The molecule has 0 bridgehead atoms. The second-order valence-electron chi connectivity index (χ2n) is 5.60. The quantitative estimate of drug-likeness (QED) is 0.769. The first-order valence-electron chi connectivity index (χ1n) is 7.59. The molecule has 118 valence electrons. The van der Waals surface area contributed by atoms with Crippen LogP contribution >= 0.6 is 0 Å². The van der Waals surface area contributed by atoms with E-state index in [1.54, 1.807) is 0 Å². The van der Waals surface area contributed by atoms with Crippen LogP contribution in [0.1, 0.15) is 12.0 Å². The van der Waals surface area contributed by atoms with Crippen molar-refractivity contribution < 1.29 is 14.9 Å². The number of benzene rings is 1. The molecule has 5 nitrogen and oxygen atoms in total. The molecule has 1 fully saturated rings. The molecule has 1 aliphatic heterocycles. The Labute approximate surface area is 126 Å². The highest BCUT2D eigenvalue weighted by Gasteiger charge is 2.23. The SMILES string of the molecule is CN1CCN(Cc2ccc(OCCO)cc2)C[C@H]1CCO. The monoisotopic (exact) mass is 294 g/mol. The third-order valence-electron chi connectivity index (χ3n) is 4.01. The van der Waals surface area contributed by atoms with Crippen LogP contribution in [0.5, 0.6) is 5.75 Å². The molecule has 0 unspecified atom stereocenters. The van der Waals surface area contributed by atoms with Crippen LogP contribution in [0.3, 0.4) is 0 Å². The maximum Gasteiger partial charge on any atom is 0.119 e. The smallest absolute Gasteiger partial charge is 0.119 e. The van der Waals surface area contributed by atoms with Gasteiger partial charge >= 0.3 is 0 Å². The van der Waals surface area contributed by atoms with Gasteiger partial charge in [-0.15, -0.1) is 0 Å². The first kappa shape index (κ1) is 16.2. The lowest BCUT2D eigenvalue weighted by atomic mass is 10.1. The van der Waals surface area contributed by atoms with Crippen LogP contribution in [0.25, 0.3) is 0 Å². The summed E-state index contributed by atoms with van der Waals surface area (Å²) >= 11 is 0. The average Bonchev–Trinajstić information content (AvgIpc) is 2.50. The molecule has 1 aromatic rings. The lowest BCUT2D eigenvalue weighted by Crippen LogP contribution is -2.51. The molecular formula is C16H26N2O3. The maximum absolute atomic E-state index is 9.14. The second kappa shape index (κ2) is 8.34. The molecular weight excluding hydrogens is 268 g/mol. The molecule has 0 spiro atoms. The number of nitrogens with zero attached hydrogens (tertiary/aromatic N) is 2. The van der Waals surface area contributed by atoms with Crippen LogP contribution in [0.4, 0.5) is 0 Å². The second-order valence-corrected chi connectivity index (χ2v) is 5.60. The van der Waals surface area contributed by atoms with Crippen molar-refractivity contribution in [3.8, 4) is 5.75 Å². The van der Waals surface area contributed by atoms with Gasteiger partial charge in [-0.2, -0.15) is 0 Å². The molecule has 2 rings (SSSR count). The lowest BCUT2D eigenvalue weighted by molar-refractivity contribution is 0.0743. The Morgan fingerprint density at radius 1 is 1.14 bits per heavy atom. The highest BCUT2D eigenvalue weighted by molar-refractivity contribution is 5.27. The Balaban J connectivity index is 1.86. The van der Waals surface area contributed by atoms with Crippen molar-refractivity contribution in [2.75, 3.05) is 46.5 Å². The number of ether oxygens (including phenoxy) is 1. The summed E-state index contributed by atoms with van der Waals surface area (Å²) in [5, 5.41) is 17.9. The van der Waals surface area contributed by atoms with Crippen molar-refractivity contribution in [1.82, 2.24) is 9.80 Å². The van der Waals surface area contributed by atoms with E-state index in [4.69, 9.17) is 14.9 Å². The number of hydrogen-bond acceptors (Lipinski definition) is 5. The molecule has 1 aromatic carbocycles. The predicted molar refractivity (Wildman–Crippen MR) is 82.4 cm³/mol. The Hall–Kier alpha value is -1.14. The van der Waals surface area contributed by atoms with Crippen molar-refractivity contribution in [2.45, 2.75) is 19.0 Å². The first-order valence-corrected chi connectivity index (χ1v) is 7.59.